The lowest BCUT2D eigenvalue weighted by molar-refractivity contribution is -0.112. The molecule has 0 saturated carbocycles. The molecule has 1 aromatic rings. The molecule has 0 aliphatic carbocycles. The van der Waals surface area contributed by atoms with Gasteiger partial charge in [-0.15, -0.1) is 0 Å². The minimum Gasteiger partial charge on any atom is -0.497 e. The number of hydrogen-bond donors (Lipinski definition) is 0. The van der Waals surface area contributed by atoms with E-state index >= 15 is 0 Å². The van der Waals surface area contributed by atoms with Gasteiger partial charge in [-0.2, -0.15) is 0 Å². The SMILES string of the molecule is COc1cc(F)cc(C=CC(C)=O)c1. The molecule has 0 bridgehead atoms. The Kier molecular flexibility index (Phi) is 3.40. The number of rotatable bonds is 3. The van der Waals surface area contributed by atoms with E-state index in [0.29, 0.717) is 11.3 Å². The van der Waals surface area contributed by atoms with Crippen LogP contribution in [0.4, 0.5) is 4.39 Å². The molecule has 1 aromatic carbocycles. The molecular weight excluding hydrogens is 183 g/mol. The monoisotopic (exact) mass is 194 g/mol. The predicted molar refractivity (Wildman–Crippen MR) is 52.7 cm³/mol. The van der Waals surface area contributed by atoms with Crippen molar-refractivity contribution in [2.75, 3.05) is 7.11 Å². The minimum absolute atomic E-state index is 0.0757. The third-order valence-electron chi connectivity index (χ3n) is 1.64. The van der Waals surface area contributed by atoms with Gasteiger partial charge in [0.25, 0.3) is 0 Å². The number of benzene rings is 1. The van der Waals surface area contributed by atoms with Crippen molar-refractivity contribution in [3.8, 4) is 5.75 Å². The van der Waals surface area contributed by atoms with Gasteiger partial charge in [-0.25, -0.2) is 4.39 Å². The topological polar surface area (TPSA) is 26.3 Å². The zero-order chi connectivity index (χ0) is 10.6. The quantitative estimate of drug-likeness (QED) is 0.691. The van der Waals surface area contributed by atoms with Gasteiger partial charge in [-0.1, -0.05) is 6.08 Å². The lowest BCUT2D eigenvalue weighted by Crippen LogP contribution is -1.86. The Labute approximate surface area is 82.0 Å². The molecule has 0 radical (unpaired) electrons. The molecule has 0 atom stereocenters. The standard InChI is InChI=1S/C11H11FO2/c1-8(13)3-4-9-5-10(12)7-11(6-9)14-2/h3-7H,1-2H3. The van der Waals surface area contributed by atoms with Crippen LogP contribution in [0.25, 0.3) is 6.08 Å². The van der Waals surface area contributed by atoms with E-state index in [4.69, 9.17) is 4.74 Å². The fourth-order valence-corrected chi connectivity index (χ4v) is 1.01. The summed E-state index contributed by atoms with van der Waals surface area (Å²) in [5, 5.41) is 0. The Morgan fingerprint density at radius 1 is 1.43 bits per heavy atom. The molecule has 0 saturated heterocycles. The first kappa shape index (κ1) is 10.4. The number of allylic oxidation sites excluding steroid dienone is 1. The molecule has 2 nitrogen and oxygen atoms in total. The van der Waals surface area contributed by atoms with E-state index in [9.17, 15) is 9.18 Å². The van der Waals surface area contributed by atoms with Gasteiger partial charge in [-0.3, -0.25) is 4.79 Å². The third kappa shape index (κ3) is 3.01. The van der Waals surface area contributed by atoms with Crippen molar-refractivity contribution in [3.63, 3.8) is 0 Å². The van der Waals surface area contributed by atoms with Crippen molar-refractivity contribution in [1.82, 2.24) is 0 Å². The van der Waals surface area contributed by atoms with Crippen LogP contribution in [0.3, 0.4) is 0 Å². The van der Waals surface area contributed by atoms with E-state index in [2.05, 4.69) is 0 Å². The maximum Gasteiger partial charge on any atom is 0.152 e. The summed E-state index contributed by atoms with van der Waals surface area (Å²) in [5.41, 5.74) is 0.608. The molecular formula is C11H11FO2. The second-order valence-electron chi connectivity index (χ2n) is 2.87. The second-order valence-corrected chi connectivity index (χ2v) is 2.87. The molecule has 0 heterocycles. The van der Waals surface area contributed by atoms with Crippen molar-refractivity contribution in [1.29, 1.82) is 0 Å². The van der Waals surface area contributed by atoms with Crippen molar-refractivity contribution in [2.24, 2.45) is 0 Å². The molecule has 0 unspecified atom stereocenters. The van der Waals surface area contributed by atoms with Crippen LogP contribution in [-0.4, -0.2) is 12.9 Å². The molecule has 0 N–H and O–H groups in total. The summed E-state index contributed by atoms with van der Waals surface area (Å²) in [6, 6.07) is 4.27. The average Bonchev–Trinajstić information content (AvgIpc) is 2.14. The van der Waals surface area contributed by atoms with Gasteiger partial charge in [0.15, 0.2) is 5.78 Å². The highest BCUT2D eigenvalue weighted by molar-refractivity contribution is 5.91. The molecule has 0 aliphatic rings. The highest BCUT2D eigenvalue weighted by atomic mass is 19.1. The highest BCUT2D eigenvalue weighted by Crippen LogP contribution is 2.16. The van der Waals surface area contributed by atoms with Gasteiger partial charge < -0.3 is 4.74 Å². The lowest BCUT2D eigenvalue weighted by Gasteiger charge is -2.01. The first-order valence-corrected chi connectivity index (χ1v) is 4.15. The molecule has 14 heavy (non-hydrogen) atoms. The third-order valence-corrected chi connectivity index (χ3v) is 1.64. The van der Waals surface area contributed by atoms with Gasteiger partial charge in [0.2, 0.25) is 0 Å². The van der Waals surface area contributed by atoms with Gasteiger partial charge in [0.05, 0.1) is 7.11 Å². The lowest BCUT2D eigenvalue weighted by atomic mass is 10.2. The van der Waals surface area contributed by atoms with E-state index in [0.717, 1.165) is 0 Å². The van der Waals surface area contributed by atoms with Gasteiger partial charge in [0, 0.05) is 6.07 Å². The molecule has 0 amide bonds. The van der Waals surface area contributed by atoms with E-state index in [1.165, 1.54) is 32.2 Å². The first-order chi connectivity index (χ1) is 6.61. The van der Waals surface area contributed by atoms with Gasteiger partial charge in [-0.05, 0) is 30.7 Å². The Hall–Kier alpha value is -1.64. The van der Waals surface area contributed by atoms with Crippen LogP contribution in [-0.2, 0) is 4.79 Å². The predicted octanol–water partition coefficient (Wildman–Crippen LogP) is 2.44. The van der Waals surface area contributed by atoms with Gasteiger partial charge >= 0.3 is 0 Å². The summed E-state index contributed by atoms with van der Waals surface area (Å²) in [7, 11) is 1.47. The van der Waals surface area contributed by atoms with Crippen molar-refractivity contribution < 1.29 is 13.9 Å². The summed E-state index contributed by atoms with van der Waals surface area (Å²) in [5.74, 6) is -0.0195. The van der Waals surface area contributed by atoms with E-state index < -0.39 is 0 Å². The number of halogens is 1. The summed E-state index contributed by atoms with van der Waals surface area (Å²) < 4.78 is 17.8. The van der Waals surface area contributed by atoms with Crippen LogP contribution < -0.4 is 4.74 Å². The Morgan fingerprint density at radius 2 is 2.14 bits per heavy atom. The molecule has 0 fully saturated rings. The largest absolute Gasteiger partial charge is 0.497 e. The zero-order valence-corrected chi connectivity index (χ0v) is 8.08. The van der Waals surface area contributed by atoms with Crippen LogP contribution in [0.2, 0.25) is 0 Å². The normalized spacial score (nSPS) is 10.5. The fourth-order valence-electron chi connectivity index (χ4n) is 1.01. The number of ketones is 1. The molecule has 1 rings (SSSR count). The second kappa shape index (κ2) is 4.56. The minimum atomic E-state index is -0.382. The summed E-state index contributed by atoms with van der Waals surface area (Å²) in [6.07, 6.45) is 2.93. The Morgan fingerprint density at radius 3 is 2.71 bits per heavy atom. The molecule has 0 aliphatic heterocycles. The number of ether oxygens (including phenoxy) is 1. The molecule has 3 heteroatoms. The number of carbonyl (C=O) groups excluding carboxylic acids is 1. The number of hydrogen-bond acceptors (Lipinski definition) is 2. The number of carbonyl (C=O) groups is 1. The fraction of sp³-hybridized carbons (Fsp3) is 0.182. The maximum absolute atomic E-state index is 12.9. The highest BCUT2D eigenvalue weighted by Gasteiger charge is 1.98. The van der Waals surface area contributed by atoms with Crippen molar-refractivity contribution in [3.05, 3.63) is 35.7 Å². The zero-order valence-electron chi connectivity index (χ0n) is 8.08. The van der Waals surface area contributed by atoms with Crippen LogP contribution in [0.5, 0.6) is 5.75 Å². The van der Waals surface area contributed by atoms with Crippen LogP contribution >= 0.6 is 0 Å². The summed E-state index contributed by atoms with van der Waals surface area (Å²) in [6.45, 7) is 1.44. The summed E-state index contributed by atoms with van der Waals surface area (Å²) in [4.78, 5) is 10.6. The Bertz CT molecular complexity index is 370. The van der Waals surface area contributed by atoms with Gasteiger partial charge in [0.1, 0.15) is 11.6 Å². The van der Waals surface area contributed by atoms with Crippen LogP contribution in [0, 0.1) is 5.82 Å². The molecule has 74 valence electrons. The average molecular weight is 194 g/mol. The van der Waals surface area contributed by atoms with E-state index in [1.54, 1.807) is 12.1 Å². The van der Waals surface area contributed by atoms with E-state index in [1.807, 2.05) is 0 Å². The first-order valence-electron chi connectivity index (χ1n) is 4.15. The summed E-state index contributed by atoms with van der Waals surface area (Å²) >= 11 is 0. The van der Waals surface area contributed by atoms with Crippen LogP contribution in [0.1, 0.15) is 12.5 Å². The smallest absolute Gasteiger partial charge is 0.152 e. The van der Waals surface area contributed by atoms with Crippen molar-refractivity contribution in [2.45, 2.75) is 6.92 Å². The maximum atomic E-state index is 12.9. The molecule has 0 spiro atoms. The van der Waals surface area contributed by atoms with Crippen molar-refractivity contribution >= 4 is 11.9 Å². The van der Waals surface area contributed by atoms with Crippen LogP contribution in [0.15, 0.2) is 24.3 Å². The number of methoxy groups -OCH3 is 1. The van der Waals surface area contributed by atoms with E-state index in [-0.39, 0.29) is 11.6 Å². The molecule has 0 aromatic heterocycles. The Balaban J connectivity index is 2.97.